The zero-order chi connectivity index (χ0) is 19.7. The molecule has 0 saturated carbocycles. The number of aryl methyl sites for hydroxylation is 1. The fourth-order valence-electron chi connectivity index (χ4n) is 3.67. The zero-order valence-electron chi connectivity index (χ0n) is 16.0. The van der Waals surface area contributed by atoms with E-state index in [2.05, 4.69) is 10.6 Å². The van der Waals surface area contributed by atoms with E-state index in [0.29, 0.717) is 24.4 Å². The molecule has 4 rings (SSSR count). The van der Waals surface area contributed by atoms with E-state index in [1.807, 2.05) is 55.5 Å². The number of urea groups is 1. The second-order valence-corrected chi connectivity index (χ2v) is 7.16. The second kappa shape index (κ2) is 7.38. The normalized spacial score (nSPS) is 18.6. The van der Waals surface area contributed by atoms with E-state index in [0.717, 1.165) is 28.9 Å². The van der Waals surface area contributed by atoms with Crippen molar-refractivity contribution in [2.24, 2.45) is 0 Å². The summed E-state index contributed by atoms with van der Waals surface area (Å²) in [6, 6.07) is 15.1. The molecule has 2 aliphatic rings. The van der Waals surface area contributed by atoms with E-state index < -0.39 is 6.04 Å². The minimum Gasteiger partial charge on any atom is -0.497 e. The number of nitrogens with zero attached hydrogens (tertiary/aromatic N) is 1. The maximum absolute atomic E-state index is 13.1. The molecule has 6 heteroatoms. The fraction of sp³-hybridized carbons (Fsp3) is 0.273. The Balaban J connectivity index is 1.50. The van der Waals surface area contributed by atoms with E-state index in [1.165, 1.54) is 0 Å². The smallest absolute Gasteiger partial charge is 0.319 e. The van der Waals surface area contributed by atoms with Gasteiger partial charge in [0.15, 0.2) is 0 Å². The van der Waals surface area contributed by atoms with Gasteiger partial charge in [0.05, 0.1) is 31.0 Å². The first-order valence-corrected chi connectivity index (χ1v) is 9.34. The third kappa shape index (κ3) is 3.45. The zero-order valence-corrected chi connectivity index (χ0v) is 16.0. The summed E-state index contributed by atoms with van der Waals surface area (Å²) in [5, 5.41) is 5.71. The lowest BCUT2D eigenvalue weighted by atomic mass is 9.95. The third-order valence-corrected chi connectivity index (χ3v) is 5.26. The molecule has 2 aromatic carbocycles. The third-order valence-electron chi connectivity index (χ3n) is 5.26. The highest BCUT2D eigenvalue weighted by Gasteiger charge is 2.40. The predicted molar refractivity (Wildman–Crippen MR) is 106 cm³/mol. The van der Waals surface area contributed by atoms with Crippen LogP contribution in [0.4, 0.5) is 4.79 Å². The van der Waals surface area contributed by atoms with Crippen LogP contribution in [0.1, 0.15) is 22.7 Å². The first kappa shape index (κ1) is 18.1. The second-order valence-electron chi connectivity index (χ2n) is 7.16. The Morgan fingerprint density at radius 2 is 1.79 bits per heavy atom. The Hall–Kier alpha value is -3.28. The molecule has 0 unspecified atom stereocenters. The monoisotopic (exact) mass is 377 g/mol. The van der Waals surface area contributed by atoms with Gasteiger partial charge < -0.3 is 20.3 Å². The van der Waals surface area contributed by atoms with Gasteiger partial charge in [0.25, 0.3) is 5.91 Å². The van der Waals surface area contributed by atoms with Gasteiger partial charge in [0, 0.05) is 6.54 Å². The van der Waals surface area contributed by atoms with Gasteiger partial charge in [-0.15, -0.1) is 0 Å². The molecule has 0 bridgehead atoms. The minimum absolute atomic E-state index is 0.0263. The van der Waals surface area contributed by atoms with E-state index in [1.54, 1.807) is 12.0 Å². The summed E-state index contributed by atoms with van der Waals surface area (Å²) in [7, 11) is 1.64. The molecule has 2 aliphatic heterocycles. The molecule has 3 amide bonds. The molecule has 0 saturated heterocycles. The van der Waals surface area contributed by atoms with Crippen LogP contribution in [0, 0.1) is 6.92 Å². The first-order valence-electron chi connectivity index (χ1n) is 9.34. The quantitative estimate of drug-likeness (QED) is 0.842. The van der Waals surface area contributed by atoms with E-state index in [-0.39, 0.29) is 11.9 Å². The van der Waals surface area contributed by atoms with Gasteiger partial charge in [-0.2, -0.15) is 0 Å². The highest BCUT2D eigenvalue weighted by molar-refractivity contribution is 6.01. The van der Waals surface area contributed by atoms with Gasteiger partial charge in [-0.25, -0.2) is 4.79 Å². The molecule has 2 aromatic rings. The number of benzene rings is 2. The molecule has 0 spiro atoms. The molecular weight excluding hydrogens is 354 g/mol. The Morgan fingerprint density at radius 3 is 2.46 bits per heavy atom. The largest absolute Gasteiger partial charge is 0.497 e. The molecule has 0 radical (unpaired) electrons. The summed E-state index contributed by atoms with van der Waals surface area (Å²) in [5.74, 6) is 0.787. The maximum Gasteiger partial charge on any atom is 0.319 e. The molecular formula is C22H23N3O3. The SMILES string of the molecule is COc1ccc(CCN2CC3=C(C2=O)[C@H](c2ccc(C)cc2)NC(=O)N3)cc1. The average molecular weight is 377 g/mol. The van der Waals surface area contributed by atoms with Crippen LogP contribution in [0.2, 0.25) is 0 Å². The van der Waals surface area contributed by atoms with Crippen molar-refractivity contribution in [3.8, 4) is 5.75 Å². The lowest BCUT2D eigenvalue weighted by Gasteiger charge is -2.25. The summed E-state index contributed by atoms with van der Waals surface area (Å²) >= 11 is 0. The highest BCUT2D eigenvalue weighted by Crippen LogP contribution is 2.32. The number of hydrogen-bond donors (Lipinski definition) is 2. The molecule has 2 heterocycles. The topological polar surface area (TPSA) is 70.7 Å². The first-order chi connectivity index (χ1) is 13.5. The Labute approximate surface area is 164 Å². The lowest BCUT2D eigenvalue weighted by molar-refractivity contribution is -0.125. The van der Waals surface area contributed by atoms with E-state index >= 15 is 0 Å². The van der Waals surface area contributed by atoms with Gasteiger partial charge in [-0.1, -0.05) is 42.0 Å². The number of carbonyl (C=O) groups is 2. The van der Waals surface area contributed by atoms with Crippen molar-refractivity contribution >= 4 is 11.9 Å². The standard InChI is InChI=1S/C22H23N3O3/c1-14-3-7-16(8-4-14)20-19-18(23-22(27)24-20)13-25(21(19)26)12-11-15-5-9-17(28-2)10-6-15/h3-10,20H,11-13H2,1-2H3,(H2,23,24,27)/t20-/m0/s1. The molecule has 144 valence electrons. The molecule has 28 heavy (non-hydrogen) atoms. The van der Waals surface area contributed by atoms with Crippen molar-refractivity contribution in [1.82, 2.24) is 15.5 Å². The number of methoxy groups -OCH3 is 1. The summed E-state index contributed by atoms with van der Waals surface area (Å²) < 4.78 is 5.18. The molecule has 2 N–H and O–H groups in total. The predicted octanol–water partition coefficient (Wildman–Crippen LogP) is 2.70. The number of carbonyl (C=O) groups excluding carboxylic acids is 2. The lowest BCUT2D eigenvalue weighted by Crippen LogP contribution is -2.44. The summed E-state index contributed by atoms with van der Waals surface area (Å²) in [4.78, 5) is 27.0. The Morgan fingerprint density at radius 1 is 1.07 bits per heavy atom. The molecule has 0 aliphatic carbocycles. The van der Waals surface area contributed by atoms with E-state index in [4.69, 9.17) is 4.74 Å². The molecule has 0 aromatic heterocycles. The Kier molecular flexibility index (Phi) is 4.77. The van der Waals surface area contributed by atoms with Crippen LogP contribution >= 0.6 is 0 Å². The van der Waals surface area contributed by atoms with Crippen LogP contribution < -0.4 is 15.4 Å². The Bertz CT molecular complexity index is 933. The summed E-state index contributed by atoms with van der Waals surface area (Å²) in [5.41, 5.74) is 4.53. The minimum atomic E-state index is -0.414. The van der Waals surface area contributed by atoms with Crippen LogP contribution in [0.25, 0.3) is 0 Å². The van der Waals surface area contributed by atoms with Gasteiger partial charge in [-0.3, -0.25) is 4.79 Å². The van der Waals surface area contributed by atoms with Crippen LogP contribution in [0.15, 0.2) is 59.8 Å². The maximum atomic E-state index is 13.1. The van der Waals surface area contributed by atoms with Crippen LogP contribution in [-0.2, 0) is 11.2 Å². The fourth-order valence-corrected chi connectivity index (χ4v) is 3.67. The van der Waals surface area contributed by atoms with E-state index in [9.17, 15) is 9.59 Å². The van der Waals surface area contributed by atoms with Gasteiger partial charge in [0.1, 0.15) is 5.75 Å². The number of ether oxygens (including phenoxy) is 1. The summed E-state index contributed by atoms with van der Waals surface area (Å²) in [6.45, 7) is 3.03. The molecule has 6 nitrogen and oxygen atoms in total. The highest BCUT2D eigenvalue weighted by atomic mass is 16.5. The molecule has 1 atom stereocenters. The van der Waals surface area contributed by atoms with Gasteiger partial charge in [0.2, 0.25) is 0 Å². The molecule has 0 fully saturated rings. The van der Waals surface area contributed by atoms with Crippen molar-refractivity contribution in [2.75, 3.05) is 20.2 Å². The average Bonchev–Trinajstić information content (AvgIpc) is 3.02. The van der Waals surface area contributed by atoms with Crippen molar-refractivity contribution in [3.63, 3.8) is 0 Å². The van der Waals surface area contributed by atoms with Crippen molar-refractivity contribution in [2.45, 2.75) is 19.4 Å². The van der Waals surface area contributed by atoms with Crippen molar-refractivity contribution in [1.29, 1.82) is 0 Å². The summed E-state index contributed by atoms with van der Waals surface area (Å²) in [6.07, 6.45) is 0.743. The number of rotatable bonds is 5. The van der Waals surface area contributed by atoms with Crippen molar-refractivity contribution < 1.29 is 14.3 Å². The van der Waals surface area contributed by atoms with Gasteiger partial charge >= 0.3 is 6.03 Å². The van der Waals surface area contributed by atoms with Gasteiger partial charge in [-0.05, 0) is 36.6 Å². The van der Waals surface area contributed by atoms with Crippen LogP contribution in [-0.4, -0.2) is 37.0 Å². The van der Waals surface area contributed by atoms with Crippen molar-refractivity contribution in [3.05, 3.63) is 76.5 Å². The number of nitrogens with one attached hydrogen (secondary N) is 2. The van der Waals surface area contributed by atoms with Crippen LogP contribution in [0.5, 0.6) is 5.75 Å². The number of hydrogen-bond acceptors (Lipinski definition) is 3. The number of amides is 3. The van der Waals surface area contributed by atoms with Crippen LogP contribution in [0.3, 0.4) is 0 Å².